The van der Waals surface area contributed by atoms with Crippen LogP contribution in [0.3, 0.4) is 0 Å². The molecule has 2 nitrogen and oxygen atoms in total. The van der Waals surface area contributed by atoms with E-state index in [0.29, 0.717) is 18.0 Å². The molecule has 1 aromatic carbocycles. The number of thiol groups is 1. The van der Waals surface area contributed by atoms with Crippen LogP contribution in [0.25, 0.3) is 0 Å². The van der Waals surface area contributed by atoms with Gasteiger partial charge in [-0.3, -0.25) is 4.99 Å². The molecular formula is C17H27NOS. The number of aromatic hydroxyl groups is 1. The molecule has 0 radical (unpaired) electrons. The van der Waals surface area contributed by atoms with E-state index in [4.69, 9.17) is 0 Å². The molecule has 0 amide bonds. The summed E-state index contributed by atoms with van der Waals surface area (Å²) in [7, 11) is 0. The third kappa shape index (κ3) is 4.27. The quantitative estimate of drug-likeness (QED) is 0.631. The van der Waals surface area contributed by atoms with E-state index >= 15 is 0 Å². The Morgan fingerprint density at radius 3 is 2.15 bits per heavy atom. The first kappa shape index (κ1) is 17.1. The summed E-state index contributed by atoms with van der Waals surface area (Å²) < 4.78 is 0. The average molecular weight is 293 g/mol. The molecule has 112 valence electrons. The molecule has 0 unspecified atom stereocenters. The van der Waals surface area contributed by atoms with Gasteiger partial charge >= 0.3 is 0 Å². The van der Waals surface area contributed by atoms with Crippen LogP contribution in [0, 0.1) is 0 Å². The van der Waals surface area contributed by atoms with Gasteiger partial charge in [0.25, 0.3) is 0 Å². The summed E-state index contributed by atoms with van der Waals surface area (Å²) in [6.45, 7) is 13.5. The molecule has 0 aromatic heterocycles. The van der Waals surface area contributed by atoms with E-state index in [1.807, 2.05) is 6.07 Å². The van der Waals surface area contributed by atoms with Crippen molar-refractivity contribution in [1.82, 2.24) is 0 Å². The molecule has 0 aliphatic carbocycles. The number of phenols is 1. The molecule has 1 N–H and O–H groups in total. The highest BCUT2D eigenvalue weighted by molar-refractivity contribution is 7.80. The van der Waals surface area contributed by atoms with Crippen molar-refractivity contribution in [3.63, 3.8) is 0 Å². The third-order valence-electron chi connectivity index (χ3n) is 3.27. The van der Waals surface area contributed by atoms with Crippen molar-refractivity contribution >= 4 is 18.8 Å². The van der Waals surface area contributed by atoms with E-state index in [1.54, 1.807) is 6.21 Å². The van der Waals surface area contributed by atoms with Crippen LogP contribution >= 0.6 is 12.6 Å². The molecule has 0 spiro atoms. The normalized spacial score (nSPS) is 13.2. The number of nitrogens with zero attached hydrogens (tertiary/aromatic N) is 1. The zero-order valence-electron chi connectivity index (χ0n) is 13.5. The SMILES string of the molecule is CC(C)(C)c1cc(C=NCCS)c(O)c(C(C)(C)C)c1. The van der Waals surface area contributed by atoms with Crippen LogP contribution in [-0.2, 0) is 10.8 Å². The number of hydrogen-bond acceptors (Lipinski definition) is 3. The molecule has 0 fully saturated rings. The number of phenolic OH excluding ortho intramolecular Hbond substituents is 1. The van der Waals surface area contributed by atoms with E-state index in [1.165, 1.54) is 5.56 Å². The lowest BCUT2D eigenvalue weighted by Crippen LogP contribution is -2.17. The molecule has 0 saturated carbocycles. The zero-order valence-corrected chi connectivity index (χ0v) is 14.4. The van der Waals surface area contributed by atoms with E-state index < -0.39 is 0 Å². The van der Waals surface area contributed by atoms with Gasteiger partial charge < -0.3 is 5.11 Å². The molecule has 0 heterocycles. The van der Waals surface area contributed by atoms with Crippen LogP contribution in [-0.4, -0.2) is 23.6 Å². The van der Waals surface area contributed by atoms with Gasteiger partial charge in [0, 0.05) is 29.6 Å². The number of aliphatic imine (C=N–C) groups is 1. The lowest BCUT2D eigenvalue weighted by Gasteiger charge is -2.26. The fraction of sp³-hybridized carbons (Fsp3) is 0.588. The van der Waals surface area contributed by atoms with Gasteiger partial charge in [0.15, 0.2) is 0 Å². The Labute approximate surface area is 128 Å². The van der Waals surface area contributed by atoms with Gasteiger partial charge in [-0.25, -0.2) is 0 Å². The Morgan fingerprint density at radius 1 is 1.10 bits per heavy atom. The highest BCUT2D eigenvalue weighted by Crippen LogP contribution is 2.36. The van der Waals surface area contributed by atoms with E-state index in [-0.39, 0.29) is 10.8 Å². The van der Waals surface area contributed by atoms with Crippen LogP contribution < -0.4 is 0 Å². The van der Waals surface area contributed by atoms with Gasteiger partial charge in [-0.05, 0) is 22.5 Å². The Balaban J connectivity index is 3.43. The number of hydrogen-bond donors (Lipinski definition) is 2. The number of rotatable bonds is 3. The Bertz CT molecular complexity index is 493. The fourth-order valence-corrected chi connectivity index (χ4v) is 2.10. The first-order chi connectivity index (χ1) is 9.07. The summed E-state index contributed by atoms with van der Waals surface area (Å²) in [5, 5.41) is 10.5. The second-order valence-electron chi connectivity index (χ2n) is 7.22. The molecule has 20 heavy (non-hydrogen) atoms. The van der Waals surface area contributed by atoms with E-state index in [0.717, 1.165) is 11.1 Å². The summed E-state index contributed by atoms with van der Waals surface area (Å²) in [5.41, 5.74) is 2.92. The van der Waals surface area contributed by atoms with Crippen LogP contribution in [0.2, 0.25) is 0 Å². The summed E-state index contributed by atoms with van der Waals surface area (Å²) in [6, 6.07) is 4.15. The Kier molecular flexibility index (Phi) is 5.31. The monoisotopic (exact) mass is 293 g/mol. The lowest BCUT2D eigenvalue weighted by molar-refractivity contribution is 0.444. The molecule has 0 atom stereocenters. The molecule has 0 aliphatic heterocycles. The molecule has 1 rings (SSSR count). The molecular weight excluding hydrogens is 266 g/mol. The second kappa shape index (κ2) is 6.21. The summed E-state index contributed by atoms with van der Waals surface area (Å²) in [6.07, 6.45) is 1.76. The van der Waals surface area contributed by atoms with Gasteiger partial charge in [-0.1, -0.05) is 47.6 Å². The third-order valence-corrected chi connectivity index (χ3v) is 3.47. The fourth-order valence-electron chi connectivity index (χ4n) is 1.98. The van der Waals surface area contributed by atoms with Gasteiger partial charge in [0.1, 0.15) is 5.75 Å². The van der Waals surface area contributed by atoms with Crippen LogP contribution in [0.5, 0.6) is 5.75 Å². The average Bonchev–Trinajstić information content (AvgIpc) is 2.28. The van der Waals surface area contributed by atoms with Crippen molar-refractivity contribution in [3.05, 3.63) is 28.8 Å². The molecule has 0 saturated heterocycles. The van der Waals surface area contributed by atoms with Crippen LogP contribution in [0.1, 0.15) is 58.2 Å². The van der Waals surface area contributed by atoms with Gasteiger partial charge in [-0.2, -0.15) is 12.6 Å². The maximum atomic E-state index is 10.5. The highest BCUT2D eigenvalue weighted by Gasteiger charge is 2.24. The van der Waals surface area contributed by atoms with Crippen molar-refractivity contribution < 1.29 is 5.11 Å². The Hall–Kier alpha value is -0.960. The van der Waals surface area contributed by atoms with E-state index in [9.17, 15) is 5.11 Å². The van der Waals surface area contributed by atoms with E-state index in [2.05, 4.69) is 65.2 Å². The minimum atomic E-state index is -0.0997. The van der Waals surface area contributed by atoms with Crippen LogP contribution in [0.15, 0.2) is 17.1 Å². The largest absolute Gasteiger partial charge is 0.507 e. The summed E-state index contributed by atoms with van der Waals surface area (Å²) >= 11 is 4.15. The van der Waals surface area contributed by atoms with Gasteiger partial charge in [0.05, 0.1) is 0 Å². The van der Waals surface area contributed by atoms with Crippen molar-refractivity contribution in [2.24, 2.45) is 4.99 Å². The van der Waals surface area contributed by atoms with Crippen molar-refractivity contribution in [2.45, 2.75) is 52.4 Å². The lowest BCUT2D eigenvalue weighted by atomic mass is 9.79. The topological polar surface area (TPSA) is 32.6 Å². The highest BCUT2D eigenvalue weighted by atomic mass is 32.1. The predicted octanol–water partition coefficient (Wildman–Crippen LogP) is 4.34. The molecule has 1 aromatic rings. The molecule has 0 aliphatic rings. The smallest absolute Gasteiger partial charge is 0.128 e. The predicted molar refractivity (Wildman–Crippen MR) is 91.8 cm³/mol. The summed E-state index contributed by atoms with van der Waals surface area (Å²) in [5.74, 6) is 1.05. The first-order valence-electron chi connectivity index (χ1n) is 7.06. The standard InChI is InChI=1S/C17H27NOS/c1-16(2,3)13-9-12(11-18-7-8-20)15(19)14(10-13)17(4,5)6/h9-11,19-20H,7-8H2,1-6H3. The first-order valence-corrected chi connectivity index (χ1v) is 7.69. The molecule has 0 bridgehead atoms. The minimum absolute atomic E-state index is 0.0415. The Morgan fingerprint density at radius 2 is 1.70 bits per heavy atom. The minimum Gasteiger partial charge on any atom is -0.507 e. The van der Waals surface area contributed by atoms with Gasteiger partial charge in [-0.15, -0.1) is 0 Å². The van der Waals surface area contributed by atoms with Crippen LogP contribution in [0.4, 0.5) is 0 Å². The molecule has 3 heteroatoms. The van der Waals surface area contributed by atoms with Crippen molar-refractivity contribution in [3.8, 4) is 5.75 Å². The maximum absolute atomic E-state index is 10.5. The van der Waals surface area contributed by atoms with Crippen molar-refractivity contribution in [2.75, 3.05) is 12.3 Å². The summed E-state index contributed by atoms with van der Waals surface area (Å²) in [4.78, 5) is 4.31. The maximum Gasteiger partial charge on any atom is 0.128 e. The van der Waals surface area contributed by atoms with Crippen molar-refractivity contribution in [1.29, 1.82) is 0 Å². The van der Waals surface area contributed by atoms with Gasteiger partial charge in [0.2, 0.25) is 0 Å². The number of benzene rings is 1. The second-order valence-corrected chi connectivity index (χ2v) is 7.67. The zero-order chi connectivity index (χ0) is 15.6.